The molecule has 3 aromatic heterocycles. The van der Waals surface area contributed by atoms with Gasteiger partial charge < -0.3 is 5.32 Å². The largest absolute Gasteiger partial charge is 0.435 e. The molecule has 70 heavy (non-hydrogen) atoms. The number of fused-ring (bicyclic) bond motifs is 4. The van der Waals surface area contributed by atoms with Crippen molar-refractivity contribution in [3.8, 4) is 23.0 Å². The van der Waals surface area contributed by atoms with Crippen molar-refractivity contribution in [1.82, 2.24) is 29.9 Å². The molecular weight excluding hydrogens is 1010 g/mol. The summed E-state index contributed by atoms with van der Waals surface area (Å²) in [5, 5.41) is 8.73. The minimum Gasteiger partial charge on any atom is -0.346 e. The predicted molar refractivity (Wildman–Crippen MR) is 235 cm³/mol. The van der Waals surface area contributed by atoms with E-state index in [-0.39, 0.29) is 68.9 Å². The van der Waals surface area contributed by atoms with E-state index in [0.29, 0.717) is 23.6 Å². The van der Waals surface area contributed by atoms with Crippen LogP contribution in [0.25, 0.3) is 22.0 Å². The van der Waals surface area contributed by atoms with E-state index in [2.05, 4.69) is 37.1 Å². The standard InChI is InChI=1S/C45H40ClF10N7O5S2/c1-41(2,69(65,66)26-5-6-26)13-12-25-4-7-27(28-9-11-31(46)35-37(28)63(21-43(49,50)51)60-40(35)61-70(67,68)42(3)14-15-42)36(57-25)32(18-22-16-23(47)19-24(48)17-22)58-33(64)20-62-39-34(38(59-62)45(54,55)56)29-8-10-30(29)44(39,52)53/h4,7,9,11,16-17,19,26,29-30,32H,5-6,8,10,14-15,18,20-21H2,1-3H3,(H,58,64)(H,60,61)/t29-,30+,32-/m0/s1. The highest BCUT2D eigenvalue weighted by Gasteiger charge is 2.64. The van der Waals surface area contributed by atoms with E-state index in [1.165, 1.54) is 45.0 Å². The Hall–Kier alpha value is -5.41. The van der Waals surface area contributed by atoms with Crippen LogP contribution >= 0.6 is 11.6 Å². The summed E-state index contributed by atoms with van der Waals surface area (Å²) in [4.78, 5) is 18.9. The van der Waals surface area contributed by atoms with Gasteiger partial charge in [-0.2, -0.15) is 45.3 Å². The van der Waals surface area contributed by atoms with Gasteiger partial charge in [0.2, 0.25) is 15.9 Å². The van der Waals surface area contributed by atoms with Gasteiger partial charge in [-0.15, -0.1) is 0 Å². The second kappa shape index (κ2) is 16.6. The average molecular weight is 1050 g/mol. The third-order valence-corrected chi connectivity index (χ3v) is 18.7. The molecule has 0 spiro atoms. The molecule has 9 rings (SSSR count). The highest BCUT2D eigenvalue weighted by Crippen LogP contribution is 2.64. The zero-order valence-electron chi connectivity index (χ0n) is 37.0. The quantitative estimate of drug-likeness (QED) is 0.0873. The molecule has 0 saturated heterocycles. The van der Waals surface area contributed by atoms with E-state index in [9.17, 15) is 56.8 Å². The first-order chi connectivity index (χ1) is 32.4. The van der Waals surface area contributed by atoms with Crippen molar-refractivity contribution in [3.63, 3.8) is 0 Å². The molecule has 0 bridgehead atoms. The number of carbonyl (C=O) groups excluding carboxylic acids is 1. The second-order valence-electron chi connectivity index (χ2n) is 18.9. The maximum absolute atomic E-state index is 15.8. The molecular formula is C45H40ClF10N7O5S2. The van der Waals surface area contributed by atoms with Crippen molar-refractivity contribution in [3.05, 3.63) is 93.0 Å². The number of rotatable bonds is 13. The summed E-state index contributed by atoms with van der Waals surface area (Å²) in [7, 11) is -8.10. The van der Waals surface area contributed by atoms with Gasteiger partial charge in [-0.3, -0.25) is 18.9 Å². The normalized spacial score (nSPS) is 20.0. The van der Waals surface area contributed by atoms with Crippen LogP contribution in [0, 0.1) is 29.4 Å². The Morgan fingerprint density at radius 3 is 2.16 bits per heavy atom. The average Bonchev–Trinajstić information content (AvgIpc) is 4.13. The van der Waals surface area contributed by atoms with Crippen molar-refractivity contribution in [1.29, 1.82) is 0 Å². The summed E-state index contributed by atoms with van der Waals surface area (Å²) >= 11 is 6.62. The zero-order chi connectivity index (χ0) is 50.9. The molecule has 25 heteroatoms. The molecule has 0 aliphatic heterocycles. The van der Waals surface area contributed by atoms with Gasteiger partial charge in [-0.1, -0.05) is 23.6 Å². The summed E-state index contributed by atoms with van der Waals surface area (Å²) < 4.78 is 201. The molecule has 3 heterocycles. The lowest BCUT2D eigenvalue weighted by Gasteiger charge is -2.34. The van der Waals surface area contributed by atoms with E-state index in [1.54, 1.807) is 0 Å². The number of aromatic nitrogens is 5. The number of nitrogens with one attached hydrogen (secondary N) is 2. The number of sulfonamides is 1. The fourth-order valence-electron chi connectivity index (χ4n) is 9.18. The van der Waals surface area contributed by atoms with Crippen LogP contribution in [0.2, 0.25) is 5.02 Å². The van der Waals surface area contributed by atoms with Gasteiger partial charge in [0.25, 0.3) is 5.92 Å². The lowest BCUT2D eigenvalue weighted by molar-refractivity contribution is -0.144. The van der Waals surface area contributed by atoms with Gasteiger partial charge >= 0.3 is 12.4 Å². The van der Waals surface area contributed by atoms with Crippen LogP contribution in [0.3, 0.4) is 0 Å². The van der Waals surface area contributed by atoms with Crippen LogP contribution in [0.4, 0.5) is 49.7 Å². The summed E-state index contributed by atoms with van der Waals surface area (Å²) in [6.07, 6.45) is -9.61. The predicted octanol–water partition coefficient (Wildman–Crippen LogP) is 9.51. The number of benzene rings is 2. The Labute approximate surface area is 398 Å². The molecule has 4 aliphatic carbocycles. The maximum atomic E-state index is 15.8. The van der Waals surface area contributed by atoms with Crippen LogP contribution in [0.1, 0.15) is 105 Å². The van der Waals surface area contributed by atoms with Gasteiger partial charge in [-0.05, 0) is 113 Å². The first-order valence-corrected chi connectivity index (χ1v) is 25.2. The number of pyridine rings is 1. The second-order valence-corrected chi connectivity index (χ2v) is 24.3. The first kappa shape index (κ1) is 49.6. The molecule has 12 nitrogen and oxygen atoms in total. The maximum Gasteiger partial charge on any atom is 0.435 e. The Morgan fingerprint density at radius 2 is 1.57 bits per heavy atom. The number of nitrogens with zero attached hydrogens (tertiary/aromatic N) is 5. The van der Waals surface area contributed by atoms with Crippen molar-refractivity contribution in [2.75, 3.05) is 4.72 Å². The van der Waals surface area contributed by atoms with Crippen LogP contribution in [-0.2, 0) is 56.3 Å². The van der Waals surface area contributed by atoms with Gasteiger partial charge in [0.05, 0.1) is 37.7 Å². The SMILES string of the molecule is CC1(S(=O)(=O)Nc2nn(CC(F)(F)F)c3c(-c4ccc(C#CC(C)(C)S(=O)(=O)C5CC5)nc4[C@H](Cc4cc(F)cc(F)c4)NC(=O)Cn4nc(C(F)(F)F)c5c4C(F)(F)[C@@H]4CC[C@H]54)ccc(Cl)c23)CC1. The minimum absolute atomic E-state index is 0.0183. The summed E-state index contributed by atoms with van der Waals surface area (Å²) in [5.41, 5.74) is -4.96. The van der Waals surface area contributed by atoms with Crippen molar-refractivity contribution in [2.24, 2.45) is 5.92 Å². The summed E-state index contributed by atoms with van der Waals surface area (Å²) in [6.45, 7) is 1.07. The van der Waals surface area contributed by atoms with Gasteiger partial charge in [0.15, 0.2) is 21.3 Å². The highest BCUT2D eigenvalue weighted by atomic mass is 35.5. The molecule has 3 saturated carbocycles. The van der Waals surface area contributed by atoms with E-state index >= 15 is 8.78 Å². The molecule has 2 N–H and O–H groups in total. The minimum atomic E-state index is -5.19. The molecule has 374 valence electrons. The molecule has 3 fully saturated rings. The van der Waals surface area contributed by atoms with Crippen molar-refractivity contribution in [2.45, 2.75) is 124 Å². The molecule has 1 amide bonds. The van der Waals surface area contributed by atoms with Gasteiger partial charge in [-0.25, -0.2) is 30.6 Å². The molecule has 3 atom stereocenters. The number of halogens is 11. The lowest BCUT2D eigenvalue weighted by Crippen LogP contribution is -2.36. The Morgan fingerprint density at radius 1 is 0.914 bits per heavy atom. The number of anilines is 1. The van der Waals surface area contributed by atoms with E-state index < -0.39 is 136 Å². The van der Waals surface area contributed by atoms with Crippen LogP contribution in [0.5, 0.6) is 0 Å². The number of hydrogen-bond donors (Lipinski definition) is 2. The Kier molecular flexibility index (Phi) is 11.7. The lowest BCUT2D eigenvalue weighted by atomic mass is 9.73. The van der Waals surface area contributed by atoms with Crippen LogP contribution in [-0.4, -0.2) is 68.2 Å². The monoisotopic (exact) mass is 1050 g/mol. The van der Waals surface area contributed by atoms with Crippen LogP contribution in [0.15, 0.2) is 42.5 Å². The topological polar surface area (TPSA) is 158 Å². The number of hydrogen-bond acceptors (Lipinski definition) is 8. The van der Waals surface area contributed by atoms with Gasteiger partial charge in [0, 0.05) is 28.7 Å². The van der Waals surface area contributed by atoms with Crippen molar-refractivity contribution >= 4 is 54.1 Å². The molecule has 0 unspecified atom stereocenters. The third kappa shape index (κ3) is 8.87. The molecule has 0 radical (unpaired) electrons. The van der Waals surface area contributed by atoms with Crippen molar-refractivity contribution < 1.29 is 65.5 Å². The number of alkyl halides is 8. The molecule has 2 aromatic carbocycles. The molecule has 5 aromatic rings. The fraction of sp³-hybridized carbons (Fsp3) is 0.467. The summed E-state index contributed by atoms with van der Waals surface area (Å²) in [5.74, 6) is -5.13. The van der Waals surface area contributed by atoms with Crippen LogP contribution < -0.4 is 10.0 Å². The van der Waals surface area contributed by atoms with E-state index in [4.69, 9.17) is 11.6 Å². The smallest absolute Gasteiger partial charge is 0.346 e. The van der Waals surface area contributed by atoms with E-state index in [1.807, 2.05) is 0 Å². The van der Waals surface area contributed by atoms with Gasteiger partial charge in [0.1, 0.15) is 40.9 Å². The fourth-order valence-corrected chi connectivity index (χ4v) is 12.5. The molecule has 4 aliphatic rings. The number of amides is 1. The highest BCUT2D eigenvalue weighted by molar-refractivity contribution is 7.94. The van der Waals surface area contributed by atoms with E-state index in [0.717, 1.165) is 12.1 Å². The first-order valence-electron chi connectivity index (χ1n) is 21.8. The Balaban J connectivity index is 1.23. The zero-order valence-corrected chi connectivity index (χ0v) is 39.4. The Bertz CT molecular complexity index is 3280. The number of sulfone groups is 1. The third-order valence-electron chi connectivity index (χ3n) is 13.4. The number of carbonyl (C=O) groups is 1. The summed E-state index contributed by atoms with van der Waals surface area (Å²) in [6, 6.07) is 5.48.